The van der Waals surface area contributed by atoms with Crippen LogP contribution in [-0.2, 0) is 61.2 Å². The van der Waals surface area contributed by atoms with Crippen LogP contribution in [-0.4, -0.2) is 204 Å². The average molecular weight is 1440 g/mol. The Labute approximate surface area is 593 Å². The minimum Gasteiger partial charge on any atom is -0.463 e. The van der Waals surface area contributed by atoms with E-state index in [-0.39, 0.29) is 19.3 Å². The minimum absolute atomic E-state index is 0.0325. The van der Waals surface area contributed by atoms with Gasteiger partial charge in [-0.05, 0) is 19.3 Å². The van der Waals surface area contributed by atoms with E-state index in [9.17, 15) is 74.9 Å². The van der Waals surface area contributed by atoms with Gasteiger partial charge in [-0.1, -0.05) is 284 Å². The molecule has 0 aromatic carbocycles. The number of esters is 3. The topological polar surface area (TPSA) is 374 Å². The van der Waals surface area contributed by atoms with E-state index in [0.717, 1.165) is 89.9 Å². The van der Waals surface area contributed by atoms with Crippen LogP contribution in [0, 0.1) is 0 Å². The summed E-state index contributed by atoms with van der Waals surface area (Å²) in [6.07, 6.45) is 14.4. The summed E-state index contributed by atoms with van der Waals surface area (Å²) in [5.74, 6) is -1.97. The summed E-state index contributed by atoms with van der Waals surface area (Å²) >= 11 is 0. The van der Waals surface area contributed by atoms with Gasteiger partial charge in [0, 0.05) is 19.3 Å². The Kier molecular flexibility index (Phi) is 51.9. The number of carbonyl (C=O) groups is 3. The molecule has 0 bridgehead atoms. The summed E-state index contributed by atoms with van der Waals surface area (Å²) in [4.78, 5) is 51.1. The Balaban J connectivity index is 1.72. The van der Waals surface area contributed by atoms with Crippen LogP contribution in [0.3, 0.4) is 0 Å². The molecule has 3 fully saturated rings. The average Bonchev–Trinajstić information content (AvgIpc) is 0.763. The van der Waals surface area contributed by atoms with Crippen LogP contribution in [0.2, 0.25) is 0 Å². The molecule has 24 nitrogen and oxygen atoms in total. The lowest BCUT2D eigenvalue weighted by atomic mass is 9.84. The van der Waals surface area contributed by atoms with E-state index < -0.39 is 156 Å². The Morgan fingerprint density at radius 2 is 0.646 bits per heavy atom. The summed E-state index contributed by atoms with van der Waals surface area (Å²) in [6.45, 7) is 3.49. The summed E-state index contributed by atoms with van der Waals surface area (Å²) in [5.41, 5.74) is 0. The molecule has 0 spiro atoms. The second-order valence-electron chi connectivity index (χ2n) is 28.4. The zero-order valence-corrected chi connectivity index (χ0v) is 61.9. The second kappa shape index (κ2) is 56.3. The largest absolute Gasteiger partial charge is 0.472 e. The predicted molar refractivity (Wildman–Crippen MR) is 375 cm³/mol. The SMILES string of the molecule is CCCCCCCCCCCCCCCCCCCC(=O)OC(COC(=O)CCCCCCCCCCCCCCCCC)COP(=O)(O)OC1C(OC2OC(CO)C(O)C(O)C2O)C(O)C(O)C(O)C1OC1OC(COC(=O)CCCCCCCCCCCCCC)C(O)C(O)C1O. The second-order valence-corrected chi connectivity index (χ2v) is 29.8. The number of ether oxygens (including phenoxy) is 7. The molecular formula is C74H139O24P. The van der Waals surface area contributed by atoms with Crippen molar-refractivity contribution in [2.24, 2.45) is 0 Å². The van der Waals surface area contributed by atoms with Crippen molar-refractivity contribution in [3.05, 3.63) is 0 Å². The van der Waals surface area contributed by atoms with Crippen molar-refractivity contribution in [3.8, 4) is 0 Å². The maximum absolute atomic E-state index is 14.4. The lowest BCUT2D eigenvalue weighted by Gasteiger charge is -2.49. The number of phosphoric ester groups is 1. The van der Waals surface area contributed by atoms with Gasteiger partial charge in [-0.25, -0.2) is 4.57 Å². The predicted octanol–water partition coefficient (Wildman–Crippen LogP) is 11.4. The van der Waals surface area contributed by atoms with E-state index in [0.29, 0.717) is 19.3 Å². The van der Waals surface area contributed by atoms with Crippen LogP contribution >= 0.6 is 7.82 Å². The van der Waals surface area contributed by atoms with Crippen LogP contribution < -0.4 is 0 Å². The van der Waals surface area contributed by atoms with Gasteiger partial charge in [-0.2, -0.15) is 0 Å². The van der Waals surface area contributed by atoms with E-state index >= 15 is 0 Å². The highest BCUT2D eigenvalue weighted by molar-refractivity contribution is 7.47. The minimum atomic E-state index is -5.69. The number of hydrogen-bond donors (Lipinski definition) is 11. The van der Waals surface area contributed by atoms with Crippen molar-refractivity contribution < 1.29 is 117 Å². The zero-order valence-electron chi connectivity index (χ0n) is 61.1. The molecule has 18 unspecified atom stereocenters. The maximum Gasteiger partial charge on any atom is 0.472 e. The molecule has 0 radical (unpaired) electrons. The van der Waals surface area contributed by atoms with Gasteiger partial charge in [0.25, 0.3) is 0 Å². The first-order valence-electron chi connectivity index (χ1n) is 39.3. The number of unbranched alkanes of at least 4 members (excludes halogenated alkanes) is 41. The molecule has 25 heteroatoms. The van der Waals surface area contributed by atoms with Gasteiger partial charge in [0.05, 0.1) is 13.2 Å². The fourth-order valence-corrected chi connectivity index (χ4v) is 14.2. The first kappa shape index (κ1) is 91.2. The molecule has 0 aromatic heterocycles. The van der Waals surface area contributed by atoms with Gasteiger partial charge >= 0.3 is 25.7 Å². The third kappa shape index (κ3) is 39.2. The maximum atomic E-state index is 14.4. The van der Waals surface area contributed by atoms with E-state index in [1.165, 1.54) is 173 Å². The molecule has 1 saturated carbocycles. The fraction of sp³-hybridized carbons (Fsp3) is 0.959. The van der Waals surface area contributed by atoms with Crippen molar-refractivity contribution in [1.29, 1.82) is 0 Å². The van der Waals surface area contributed by atoms with Crippen molar-refractivity contribution in [2.75, 3.05) is 26.4 Å². The molecule has 0 amide bonds. The normalized spacial score (nSPS) is 27.4. The first-order valence-corrected chi connectivity index (χ1v) is 40.8. The summed E-state index contributed by atoms with van der Waals surface area (Å²) in [6, 6.07) is 0. The molecule has 584 valence electrons. The third-order valence-corrected chi connectivity index (χ3v) is 20.6. The first-order chi connectivity index (χ1) is 47.8. The summed E-state index contributed by atoms with van der Waals surface area (Å²) in [5, 5.41) is 110. The zero-order chi connectivity index (χ0) is 72.5. The number of carbonyl (C=O) groups excluding carboxylic acids is 3. The molecule has 11 N–H and O–H groups in total. The van der Waals surface area contributed by atoms with Crippen molar-refractivity contribution in [1.82, 2.24) is 0 Å². The number of hydrogen-bond acceptors (Lipinski definition) is 23. The highest BCUT2D eigenvalue weighted by Gasteiger charge is 2.58. The molecule has 0 aromatic rings. The molecule has 99 heavy (non-hydrogen) atoms. The highest BCUT2D eigenvalue weighted by atomic mass is 31.2. The van der Waals surface area contributed by atoms with E-state index in [1.807, 2.05) is 0 Å². The van der Waals surface area contributed by atoms with Gasteiger partial charge in [-0.3, -0.25) is 23.4 Å². The van der Waals surface area contributed by atoms with E-state index in [2.05, 4.69) is 20.8 Å². The standard InChI is InChI=1S/C74H139O24P/c1-4-7-10-13-16-19-22-25-27-28-30-32-35-38-41-44-47-50-60(78)93-55(52-90-58(76)48-45-42-39-37-34-31-29-26-23-20-17-14-11-8-5-2)53-92-99(88,89)98-72-70(96-73-68(86)63(81)61(79)56(51-75)94-73)66(84)65(83)67(85)71(72)97-74-69(87)64(82)62(80)57(95-74)54-91-59(77)49-46-43-40-36-33-24-21-18-15-12-9-6-3/h55-57,61-75,79-87H,4-54H2,1-3H3,(H,88,89). The molecule has 3 rings (SSSR count). The van der Waals surface area contributed by atoms with Crippen LogP contribution in [0.4, 0.5) is 0 Å². The van der Waals surface area contributed by atoms with Crippen LogP contribution in [0.5, 0.6) is 0 Å². The van der Waals surface area contributed by atoms with Gasteiger partial charge in [0.2, 0.25) is 0 Å². The number of aliphatic hydroxyl groups excluding tert-OH is 10. The monoisotopic (exact) mass is 1440 g/mol. The van der Waals surface area contributed by atoms with Crippen LogP contribution in [0.15, 0.2) is 0 Å². The third-order valence-electron chi connectivity index (χ3n) is 19.6. The Hall–Kier alpha value is -2.04. The van der Waals surface area contributed by atoms with Gasteiger partial charge in [0.1, 0.15) is 98.7 Å². The van der Waals surface area contributed by atoms with E-state index in [4.69, 9.17) is 42.2 Å². The molecule has 2 saturated heterocycles. The number of phosphoric acid groups is 1. The van der Waals surface area contributed by atoms with Crippen LogP contribution in [0.1, 0.15) is 323 Å². The lowest BCUT2D eigenvalue weighted by Crippen LogP contribution is -2.69. The smallest absolute Gasteiger partial charge is 0.463 e. The fourth-order valence-electron chi connectivity index (χ4n) is 13.2. The number of rotatable bonds is 62. The molecule has 1 aliphatic carbocycles. The quantitative estimate of drug-likeness (QED) is 0.0117. The molecule has 18 atom stereocenters. The van der Waals surface area contributed by atoms with Gasteiger partial charge < -0.3 is 89.1 Å². The van der Waals surface area contributed by atoms with Crippen molar-refractivity contribution >= 4 is 25.7 Å². The van der Waals surface area contributed by atoms with Gasteiger partial charge in [-0.15, -0.1) is 0 Å². The van der Waals surface area contributed by atoms with Crippen molar-refractivity contribution in [2.45, 2.75) is 427 Å². The highest BCUT2D eigenvalue weighted by Crippen LogP contribution is 2.49. The Bertz CT molecular complexity index is 2050. The molecular weight excluding hydrogens is 1300 g/mol. The Morgan fingerprint density at radius 3 is 0.990 bits per heavy atom. The van der Waals surface area contributed by atoms with E-state index in [1.54, 1.807) is 0 Å². The Morgan fingerprint density at radius 1 is 0.354 bits per heavy atom. The van der Waals surface area contributed by atoms with Gasteiger partial charge in [0.15, 0.2) is 18.7 Å². The summed E-state index contributed by atoms with van der Waals surface area (Å²) < 4.78 is 65.1. The van der Waals surface area contributed by atoms with Crippen molar-refractivity contribution in [3.63, 3.8) is 0 Å². The van der Waals surface area contributed by atoms with Crippen LogP contribution in [0.25, 0.3) is 0 Å². The molecule has 2 heterocycles. The summed E-state index contributed by atoms with van der Waals surface area (Å²) in [7, 11) is -5.69. The number of aliphatic hydroxyl groups is 10. The lowest BCUT2D eigenvalue weighted by molar-refractivity contribution is -0.360. The molecule has 3 aliphatic rings. The molecule has 2 aliphatic heterocycles.